The van der Waals surface area contributed by atoms with Crippen molar-refractivity contribution in [1.82, 2.24) is 15.0 Å². The molecule has 1 heterocycles. The van der Waals surface area contributed by atoms with E-state index >= 15 is 0 Å². The molecular weight excluding hydrogens is 296 g/mol. The summed E-state index contributed by atoms with van der Waals surface area (Å²) in [6.45, 7) is 5.75. The van der Waals surface area contributed by atoms with Crippen molar-refractivity contribution in [3.05, 3.63) is 16.0 Å². The molecule has 1 aromatic rings. The minimum Gasteiger partial charge on any atom is -0.464 e. The normalized spacial score (nSPS) is 10.1. The first-order valence-corrected chi connectivity index (χ1v) is 8.55. The van der Waals surface area contributed by atoms with E-state index in [4.69, 9.17) is 5.73 Å². The van der Waals surface area contributed by atoms with Gasteiger partial charge in [-0.1, -0.05) is 52.4 Å². The number of aromatic nitrogens is 3. The van der Waals surface area contributed by atoms with E-state index in [2.05, 4.69) is 28.9 Å². The lowest BCUT2D eigenvalue weighted by Crippen LogP contribution is -2.22. The Hall–Kier alpha value is -1.63. The Morgan fingerprint density at radius 1 is 1.13 bits per heavy atom. The van der Waals surface area contributed by atoms with Crippen LogP contribution >= 0.6 is 0 Å². The SMILES string of the molecule is CCCCCCN.CCCCCCn1[nH]nc(C(=O)OC)c1=O. The largest absolute Gasteiger partial charge is 0.464 e. The maximum Gasteiger partial charge on any atom is 0.364 e. The zero-order valence-corrected chi connectivity index (χ0v) is 14.8. The lowest BCUT2D eigenvalue weighted by Gasteiger charge is -1.99. The van der Waals surface area contributed by atoms with Crippen molar-refractivity contribution in [3.63, 3.8) is 0 Å². The van der Waals surface area contributed by atoms with Gasteiger partial charge in [-0.3, -0.25) is 4.79 Å². The third-order valence-electron chi connectivity index (χ3n) is 3.40. The number of esters is 1. The maximum atomic E-state index is 11.6. The van der Waals surface area contributed by atoms with Gasteiger partial charge in [-0.25, -0.2) is 14.7 Å². The van der Waals surface area contributed by atoms with Gasteiger partial charge in [-0.05, 0) is 19.4 Å². The van der Waals surface area contributed by atoms with Gasteiger partial charge in [0.05, 0.1) is 7.11 Å². The molecule has 1 rings (SSSR count). The molecule has 0 aliphatic carbocycles. The van der Waals surface area contributed by atoms with E-state index in [1.54, 1.807) is 0 Å². The van der Waals surface area contributed by atoms with Gasteiger partial charge >= 0.3 is 11.5 Å². The van der Waals surface area contributed by atoms with Gasteiger partial charge in [0.2, 0.25) is 5.69 Å². The summed E-state index contributed by atoms with van der Waals surface area (Å²) in [5.74, 6) is -0.700. The zero-order chi connectivity index (χ0) is 17.5. The van der Waals surface area contributed by atoms with Crippen LogP contribution in [-0.2, 0) is 11.3 Å². The van der Waals surface area contributed by atoms with Crippen LogP contribution in [0.5, 0.6) is 0 Å². The molecule has 0 unspecified atom stereocenters. The van der Waals surface area contributed by atoms with Crippen LogP contribution in [0, 0.1) is 0 Å². The van der Waals surface area contributed by atoms with Gasteiger partial charge < -0.3 is 10.5 Å². The Labute approximate surface area is 138 Å². The third-order valence-corrected chi connectivity index (χ3v) is 3.40. The average Bonchev–Trinajstić information content (AvgIpc) is 2.93. The molecule has 0 atom stereocenters. The summed E-state index contributed by atoms with van der Waals surface area (Å²) in [7, 11) is 1.22. The van der Waals surface area contributed by atoms with Crippen molar-refractivity contribution in [2.24, 2.45) is 5.73 Å². The number of ether oxygens (including phenoxy) is 1. The topological polar surface area (TPSA) is 103 Å². The standard InChI is InChI=1S/C10H17N3O3.C6H15N/c1-3-4-5-6-7-13-9(14)8(11-12-13)10(15)16-2;1-2-3-4-5-6-7/h12H,3-7H2,1-2H3;2-7H2,1H3. The number of aromatic amines is 1. The van der Waals surface area contributed by atoms with Crippen molar-refractivity contribution in [3.8, 4) is 0 Å². The lowest BCUT2D eigenvalue weighted by molar-refractivity contribution is 0.0592. The molecule has 23 heavy (non-hydrogen) atoms. The number of rotatable bonds is 10. The second-order valence-corrected chi connectivity index (χ2v) is 5.42. The summed E-state index contributed by atoms with van der Waals surface area (Å²) in [6, 6.07) is 0. The van der Waals surface area contributed by atoms with E-state index in [0.29, 0.717) is 6.54 Å². The van der Waals surface area contributed by atoms with Gasteiger partial charge in [0.15, 0.2) is 0 Å². The summed E-state index contributed by atoms with van der Waals surface area (Å²) in [4.78, 5) is 22.7. The summed E-state index contributed by atoms with van der Waals surface area (Å²) >= 11 is 0. The first-order chi connectivity index (χ1) is 11.1. The molecule has 0 aliphatic rings. The Morgan fingerprint density at radius 2 is 1.74 bits per heavy atom. The molecule has 0 fully saturated rings. The smallest absolute Gasteiger partial charge is 0.364 e. The number of carbonyl (C=O) groups is 1. The van der Waals surface area contributed by atoms with Crippen LogP contribution in [0.1, 0.15) is 75.7 Å². The second kappa shape index (κ2) is 14.0. The minimum absolute atomic E-state index is 0.182. The van der Waals surface area contributed by atoms with E-state index < -0.39 is 11.5 Å². The van der Waals surface area contributed by atoms with Crippen LogP contribution in [0.3, 0.4) is 0 Å². The maximum absolute atomic E-state index is 11.6. The second-order valence-electron chi connectivity index (χ2n) is 5.42. The highest BCUT2D eigenvalue weighted by Gasteiger charge is 2.16. The van der Waals surface area contributed by atoms with Crippen LogP contribution in [0.25, 0.3) is 0 Å². The van der Waals surface area contributed by atoms with E-state index in [9.17, 15) is 9.59 Å². The van der Waals surface area contributed by atoms with Crippen molar-refractivity contribution < 1.29 is 9.53 Å². The molecule has 0 saturated carbocycles. The third kappa shape index (κ3) is 9.18. The molecule has 134 valence electrons. The Morgan fingerprint density at radius 3 is 2.26 bits per heavy atom. The number of H-pyrrole nitrogens is 1. The predicted octanol–water partition coefficient (Wildman–Crippen LogP) is 2.46. The highest BCUT2D eigenvalue weighted by Crippen LogP contribution is 2.00. The predicted molar refractivity (Wildman–Crippen MR) is 91.5 cm³/mol. The number of methoxy groups -OCH3 is 1. The number of unbranched alkanes of at least 4 members (excludes halogenated alkanes) is 6. The fourth-order valence-electron chi connectivity index (χ4n) is 1.98. The Bertz CT molecular complexity index is 464. The molecule has 0 saturated heterocycles. The van der Waals surface area contributed by atoms with Crippen LogP contribution in [0.4, 0.5) is 0 Å². The van der Waals surface area contributed by atoms with E-state index in [0.717, 1.165) is 32.2 Å². The first-order valence-electron chi connectivity index (χ1n) is 8.55. The highest BCUT2D eigenvalue weighted by molar-refractivity contribution is 5.86. The zero-order valence-electron chi connectivity index (χ0n) is 14.8. The van der Waals surface area contributed by atoms with Gasteiger partial charge in [-0.2, -0.15) is 0 Å². The van der Waals surface area contributed by atoms with Crippen molar-refractivity contribution >= 4 is 5.97 Å². The molecule has 0 bridgehead atoms. The molecule has 7 nitrogen and oxygen atoms in total. The van der Waals surface area contributed by atoms with Gasteiger partial charge in [0, 0.05) is 6.54 Å². The monoisotopic (exact) mass is 328 g/mol. The van der Waals surface area contributed by atoms with Gasteiger partial charge in [0.1, 0.15) is 0 Å². The van der Waals surface area contributed by atoms with Crippen molar-refractivity contribution in [1.29, 1.82) is 0 Å². The molecule has 0 radical (unpaired) electrons. The molecule has 0 aliphatic heterocycles. The number of aryl methyl sites for hydroxylation is 1. The highest BCUT2D eigenvalue weighted by atomic mass is 16.5. The van der Waals surface area contributed by atoms with Crippen molar-refractivity contribution in [2.75, 3.05) is 13.7 Å². The average molecular weight is 328 g/mol. The lowest BCUT2D eigenvalue weighted by atomic mass is 10.2. The molecule has 3 N–H and O–H groups in total. The number of nitrogens with zero attached hydrogens (tertiary/aromatic N) is 2. The van der Waals surface area contributed by atoms with Crippen LogP contribution in [0.2, 0.25) is 0 Å². The van der Waals surface area contributed by atoms with E-state index in [-0.39, 0.29) is 5.69 Å². The molecular formula is C16H32N4O3. The molecule has 0 amide bonds. The molecule has 7 heteroatoms. The number of nitrogens with two attached hydrogens (primary N) is 1. The fraction of sp³-hybridized carbons (Fsp3) is 0.812. The quantitative estimate of drug-likeness (QED) is 0.507. The van der Waals surface area contributed by atoms with Gasteiger partial charge in [0.25, 0.3) is 0 Å². The summed E-state index contributed by atoms with van der Waals surface area (Å²) in [5, 5.41) is 6.16. The summed E-state index contributed by atoms with van der Waals surface area (Å²) in [6.07, 6.45) is 9.42. The molecule has 0 aromatic carbocycles. The first kappa shape index (κ1) is 21.4. The van der Waals surface area contributed by atoms with Crippen molar-refractivity contribution in [2.45, 2.75) is 71.8 Å². The van der Waals surface area contributed by atoms with E-state index in [1.165, 1.54) is 37.5 Å². The van der Waals surface area contributed by atoms with Crippen LogP contribution in [0.15, 0.2) is 4.79 Å². The fourth-order valence-corrected chi connectivity index (χ4v) is 1.98. The Kier molecular flexibility index (Phi) is 13.0. The van der Waals surface area contributed by atoms with Crippen LogP contribution < -0.4 is 11.3 Å². The number of nitrogens with one attached hydrogen (secondary N) is 1. The number of carbonyl (C=O) groups excluding carboxylic acids is 1. The minimum atomic E-state index is -0.700. The van der Waals surface area contributed by atoms with Gasteiger partial charge in [-0.15, -0.1) is 5.10 Å². The van der Waals surface area contributed by atoms with Crippen LogP contribution in [-0.4, -0.2) is 34.6 Å². The number of hydrogen-bond acceptors (Lipinski definition) is 5. The van der Waals surface area contributed by atoms with E-state index in [1.807, 2.05) is 0 Å². The number of hydrogen-bond donors (Lipinski definition) is 2. The summed E-state index contributed by atoms with van der Waals surface area (Å²) < 4.78 is 5.77. The Balaban J connectivity index is 0.000000585. The molecule has 0 spiro atoms. The molecule has 1 aromatic heterocycles. The summed E-state index contributed by atoms with van der Waals surface area (Å²) in [5.41, 5.74) is 4.67.